The first-order valence-electron chi connectivity index (χ1n) is 7.55. The molecule has 10 heteroatoms. The molecule has 1 aliphatic rings. The van der Waals surface area contributed by atoms with Gasteiger partial charge in [-0.2, -0.15) is 0 Å². The summed E-state index contributed by atoms with van der Waals surface area (Å²) in [6.45, 7) is 1.66. The number of thiocarbonyl (C=S) groups is 1. The second kappa shape index (κ2) is 7.25. The fourth-order valence-electron chi connectivity index (χ4n) is 2.56. The molecule has 0 radical (unpaired) electrons. The lowest BCUT2D eigenvalue weighted by atomic mass is 10.1. The van der Waals surface area contributed by atoms with E-state index in [2.05, 4.69) is 0 Å². The fourth-order valence-corrected chi connectivity index (χ4v) is 3.84. The minimum Gasteiger partial charge on any atom is -0.268 e. The molecule has 27 heavy (non-hydrogen) atoms. The number of rotatable bonds is 4. The van der Waals surface area contributed by atoms with Gasteiger partial charge in [-0.25, -0.2) is 0 Å². The Hall–Kier alpha value is -3.11. The highest BCUT2D eigenvalue weighted by atomic mass is 32.2. The molecule has 1 amide bonds. The van der Waals surface area contributed by atoms with Crippen LogP contribution in [0.5, 0.6) is 0 Å². The highest BCUT2D eigenvalue weighted by Crippen LogP contribution is 2.38. The van der Waals surface area contributed by atoms with Crippen molar-refractivity contribution in [1.82, 2.24) is 0 Å². The average molecular weight is 401 g/mol. The normalized spacial score (nSPS) is 15.4. The average Bonchev–Trinajstić information content (AvgIpc) is 2.89. The molecule has 1 aliphatic heterocycles. The van der Waals surface area contributed by atoms with Crippen LogP contribution in [-0.2, 0) is 4.79 Å². The van der Waals surface area contributed by atoms with E-state index in [9.17, 15) is 25.0 Å². The molecule has 136 valence electrons. The van der Waals surface area contributed by atoms with Crippen LogP contribution in [-0.4, -0.2) is 20.1 Å². The summed E-state index contributed by atoms with van der Waals surface area (Å²) in [5.74, 6) is -0.381. The number of aryl methyl sites for hydroxylation is 1. The topological polar surface area (TPSA) is 107 Å². The van der Waals surface area contributed by atoms with Gasteiger partial charge in [0.1, 0.15) is 0 Å². The van der Waals surface area contributed by atoms with Gasteiger partial charge < -0.3 is 0 Å². The number of hydrogen-bond acceptors (Lipinski definition) is 7. The molecule has 0 N–H and O–H groups in total. The first-order valence-corrected chi connectivity index (χ1v) is 8.78. The lowest BCUT2D eigenvalue weighted by molar-refractivity contribution is -0.385. The monoisotopic (exact) mass is 401 g/mol. The van der Waals surface area contributed by atoms with Crippen LogP contribution < -0.4 is 4.90 Å². The smallest absolute Gasteiger partial charge is 0.268 e. The molecular weight excluding hydrogens is 390 g/mol. The number of anilines is 1. The molecular formula is C17H11N3O5S2. The molecule has 3 rings (SSSR count). The number of nitro groups is 2. The first-order chi connectivity index (χ1) is 12.8. The lowest BCUT2D eigenvalue weighted by Gasteiger charge is -2.16. The molecule has 0 saturated carbocycles. The van der Waals surface area contributed by atoms with Crippen molar-refractivity contribution >= 4 is 57.3 Å². The number of non-ortho nitro benzene ring substituents is 2. The van der Waals surface area contributed by atoms with Gasteiger partial charge in [0.25, 0.3) is 17.3 Å². The molecule has 1 fully saturated rings. The van der Waals surface area contributed by atoms with Gasteiger partial charge in [-0.05, 0) is 30.2 Å². The zero-order valence-corrected chi connectivity index (χ0v) is 15.5. The van der Waals surface area contributed by atoms with E-state index in [0.29, 0.717) is 21.7 Å². The van der Waals surface area contributed by atoms with Crippen LogP contribution >= 0.6 is 24.0 Å². The number of carbonyl (C=O) groups excluding carboxylic acids is 1. The maximum Gasteiger partial charge on any atom is 0.270 e. The predicted octanol–water partition coefficient (Wildman–Crippen LogP) is 4.22. The third kappa shape index (κ3) is 3.71. The van der Waals surface area contributed by atoms with Crippen LogP contribution in [0.15, 0.2) is 47.4 Å². The van der Waals surface area contributed by atoms with Crippen molar-refractivity contribution in [3.8, 4) is 0 Å². The van der Waals surface area contributed by atoms with Crippen LogP contribution in [0, 0.1) is 27.2 Å². The first kappa shape index (κ1) is 18.7. The van der Waals surface area contributed by atoms with Crippen LogP contribution in [0.4, 0.5) is 17.1 Å². The van der Waals surface area contributed by atoms with Gasteiger partial charge in [-0.3, -0.25) is 29.9 Å². The number of hydrogen-bond donors (Lipinski definition) is 0. The van der Waals surface area contributed by atoms with Crippen LogP contribution in [0.1, 0.15) is 11.1 Å². The van der Waals surface area contributed by atoms with Gasteiger partial charge >= 0.3 is 0 Å². The van der Waals surface area contributed by atoms with E-state index in [0.717, 1.165) is 11.8 Å². The Kier molecular flexibility index (Phi) is 5.02. The largest absolute Gasteiger partial charge is 0.270 e. The highest BCUT2D eigenvalue weighted by molar-refractivity contribution is 8.27. The van der Waals surface area contributed by atoms with E-state index in [-0.39, 0.29) is 21.6 Å². The van der Waals surface area contributed by atoms with Crippen molar-refractivity contribution in [3.05, 3.63) is 78.7 Å². The van der Waals surface area contributed by atoms with Crippen molar-refractivity contribution in [2.45, 2.75) is 6.92 Å². The zero-order chi connectivity index (χ0) is 19.7. The standard InChI is InChI=1S/C17H11N3O5S2/c1-10-7-13(20(24)25)5-6-14(10)18-16(21)15(27-17(18)26)9-11-3-2-4-12(8-11)19(22)23/h2-9H,1H3/b15-9-. The number of carbonyl (C=O) groups is 1. The Morgan fingerprint density at radius 2 is 1.74 bits per heavy atom. The van der Waals surface area contributed by atoms with Crippen molar-refractivity contribution < 1.29 is 14.6 Å². The van der Waals surface area contributed by atoms with Gasteiger partial charge in [0.2, 0.25) is 0 Å². The van der Waals surface area contributed by atoms with Gasteiger partial charge in [0.05, 0.1) is 20.4 Å². The summed E-state index contributed by atoms with van der Waals surface area (Å²) in [7, 11) is 0. The highest BCUT2D eigenvalue weighted by Gasteiger charge is 2.34. The van der Waals surface area contributed by atoms with Gasteiger partial charge in [-0.1, -0.05) is 36.1 Å². The van der Waals surface area contributed by atoms with E-state index in [1.54, 1.807) is 13.0 Å². The summed E-state index contributed by atoms with van der Waals surface area (Å²) >= 11 is 6.36. The number of benzene rings is 2. The number of nitrogens with zero attached hydrogens (tertiary/aromatic N) is 3. The summed E-state index contributed by atoms with van der Waals surface area (Å²) in [6, 6.07) is 10.1. The van der Waals surface area contributed by atoms with Crippen LogP contribution in [0.2, 0.25) is 0 Å². The van der Waals surface area contributed by atoms with E-state index >= 15 is 0 Å². The second-order valence-electron chi connectivity index (χ2n) is 5.60. The third-order valence-electron chi connectivity index (χ3n) is 3.80. The Bertz CT molecular complexity index is 1030. The molecule has 0 aliphatic carbocycles. The van der Waals surface area contributed by atoms with Crippen molar-refractivity contribution in [3.63, 3.8) is 0 Å². The van der Waals surface area contributed by atoms with Gasteiger partial charge in [0.15, 0.2) is 4.32 Å². The Morgan fingerprint density at radius 3 is 2.37 bits per heavy atom. The van der Waals surface area contributed by atoms with E-state index in [1.165, 1.54) is 47.4 Å². The second-order valence-corrected chi connectivity index (χ2v) is 7.27. The predicted molar refractivity (Wildman–Crippen MR) is 107 cm³/mol. The SMILES string of the molecule is Cc1cc([N+](=O)[O-])ccc1N1C(=O)/C(=C/c2cccc([N+](=O)[O-])c2)SC1=S. The molecule has 0 atom stereocenters. The third-order valence-corrected chi connectivity index (χ3v) is 5.11. The Morgan fingerprint density at radius 1 is 1.07 bits per heavy atom. The number of amides is 1. The summed E-state index contributed by atoms with van der Waals surface area (Å²) in [6.07, 6.45) is 1.53. The molecule has 1 heterocycles. The van der Waals surface area contributed by atoms with Gasteiger partial charge in [0, 0.05) is 24.3 Å². The van der Waals surface area contributed by atoms with Crippen LogP contribution in [0.3, 0.4) is 0 Å². The van der Waals surface area contributed by atoms with E-state index in [1.807, 2.05) is 0 Å². The number of nitro benzene ring substituents is 2. The maximum atomic E-state index is 12.8. The van der Waals surface area contributed by atoms with E-state index in [4.69, 9.17) is 12.2 Å². The molecule has 2 aromatic carbocycles. The Balaban J connectivity index is 1.95. The van der Waals surface area contributed by atoms with Crippen LogP contribution in [0.25, 0.3) is 6.08 Å². The minimum atomic E-state index is -0.511. The summed E-state index contributed by atoms with van der Waals surface area (Å²) < 4.78 is 0.286. The molecule has 0 unspecified atom stereocenters. The number of thioether (sulfide) groups is 1. The molecule has 8 nitrogen and oxygen atoms in total. The Labute approximate surface area is 162 Å². The lowest BCUT2D eigenvalue weighted by Crippen LogP contribution is -2.28. The van der Waals surface area contributed by atoms with Crippen molar-refractivity contribution in [1.29, 1.82) is 0 Å². The quantitative estimate of drug-likeness (QED) is 0.327. The maximum absolute atomic E-state index is 12.8. The van der Waals surface area contributed by atoms with E-state index < -0.39 is 9.85 Å². The van der Waals surface area contributed by atoms with Gasteiger partial charge in [-0.15, -0.1) is 0 Å². The zero-order valence-electron chi connectivity index (χ0n) is 13.8. The molecule has 0 aromatic heterocycles. The summed E-state index contributed by atoms with van der Waals surface area (Å²) in [5.41, 5.74) is 1.35. The molecule has 0 spiro atoms. The summed E-state index contributed by atoms with van der Waals surface area (Å²) in [5, 5.41) is 21.8. The van der Waals surface area contributed by atoms with Crippen molar-refractivity contribution in [2.75, 3.05) is 4.90 Å². The minimum absolute atomic E-state index is 0.0752. The molecule has 0 bridgehead atoms. The summed E-state index contributed by atoms with van der Waals surface area (Å²) in [4.78, 5) is 35.2. The molecule has 2 aromatic rings. The molecule has 1 saturated heterocycles. The van der Waals surface area contributed by atoms with Crippen molar-refractivity contribution in [2.24, 2.45) is 0 Å². The fraction of sp³-hybridized carbons (Fsp3) is 0.0588.